The summed E-state index contributed by atoms with van der Waals surface area (Å²) in [5.41, 5.74) is 0.116. The van der Waals surface area contributed by atoms with Gasteiger partial charge >= 0.3 is 5.97 Å². The zero-order chi connectivity index (χ0) is 12.1. The van der Waals surface area contributed by atoms with Gasteiger partial charge in [-0.05, 0) is 6.92 Å². The van der Waals surface area contributed by atoms with Gasteiger partial charge in [0.1, 0.15) is 5.69 Å². The number of rotatable bonds is 4. The van der Waals surface area contributed by atoms with Gasteiger partial charge in [-0.25, -0.2) is 4.79 Å². The number of ketones is 1. The number of carbonyl (C=O) groups excluding carboxylic acids is 2. The monoisotopic (exact) mass is 224 g/mol. The Labute approximate surface area is 92.6 Å². The fourth-order valence-corrected chi connectivity index (χ4v) is 1.05. The van der Waals surface area contributed by atoms with Crippen LogP contribution in [0.5, 0.6) is 5.75 Å². The number of methoxy groups -OCH3 is 1. The van der Waals surface area contributed by atoms with E-state index in [2.05, 4.69) is 14.9 Å². The van der Waals surface area contributed by atoms with E-state index >= 15 is 0 Å². The molecule has 86 valence electrons. The van der Waals surface area contributed by atoms with Gasteiger partial charge in [-0.2, -0.15) is 0 Å². The molecule has 0 aliphatic carbocycles. The number of hydrogen-bond acceptors (Lipinski definition) is 6. The molecule has 0 aromatic carbocycles. The highest BCUT2D eigenvalue weighted by atomic mass is 16.5. The van der Waals surface area contributed by atoms with Crippen molar-refractivity contribution in [3.8, 4) is 5.75 Å². The molecule has 0 aliphatic rings. The predicted molar refractivity (Wildman–Crippen MR) is 54.5 cm³/mol. The standard InChI is InChI=1S/C10H12N2O4/c1-4-16-8-5-7(6(2)13)11-12-9(8)10(14)15-3/h5H,4H2,1-3H3. The minimum absolute atomic E-state index is 0.0330. The lowest BCUT2D eigenvalue weighted by Crippen LogP contribution is -2.12. The molecule has 0 unspecified atom stereocenters. The second kappa shape index (κ2) is 5.20. The highest BCUT2D eigenvalue weighted by Crippen LogP contribution is 2.17. The van der Waals surface area contributed by atoms with Crippen molar-refractivity contribution in [3.05, 3.63) is 17.5 Å². The minimum Gasteiger partial charge on any atom is -0.491 e. The van der Waals surface area contributed by atoms with Crippen LogP contribution in [0.3, 0.4) is 0 Å². The average molecular weight is 224 g/mol. The van der Waals surface area contributed by atoms with Gasteiger partial charge in [0.2, 0.25) is 5.69 Å². The Hall–Kier alpha value is -1.98. The molecule has 0 saturated heterocycles. The van der Waals surface area contributed by atoms with Crippen LogP contribution in [-0.4, -0.2) is 35.7 Å². The fraction of sp³-hybridized carbons (Fsp3) is 0.400. The van der Waals surface area contributed by atoms with E-state index in [0.29, 0.717) is 6.61 Å². The normalized spacial score (nSPS) is 9.69. The maximum absolute atomic E-state index is 11.3. The molecule has 1 heterocycles. The lowest BCUT2D eigenvalue weighted by molar-refractivity contribution is 0.0587. The second-order valence-electron chi connectivity index (χ2n) is 2.92. The van der Waals surface area contributed by atoms with Crippen molar-refractivity contribution in [2.24, 2.45) is 0 Å². The third-order valence-corrected chi connectivity index (χ3v) is 1.80. The van der Waals surface area contributed by atoms with Crippen molar-refractivity contribution in [1.29, 1.82) is 0 Å². The van der Waals surface area contributed by atoms with Crippen LogP contribution in [0.2, 0.25) is 0 Å². The summed E-state index contributed by atoms with van der Waals surface area (Å²) in [4.78, 5) is 22.4. The topological polar surface area (TPSA) is 78.4 Å². The van der Waals surface area contributed by atoms with Gasteiger partial charge in [-0.3, -0.25) is 4.79 Å². The highest BCUT2D eigenvalue weighted by molar-refractivity contribution is 5.94. The molecule has 0 N–H and O–H groups in total. The van der Waals surface area contributed by atoms with Crippen LogP contribution < -0.4 is 4.74 Å². The van der Waals surface area contributed by atoms with Gasteiger partial charge in [0.15, 0.2) is 11.5 Å². The number of nitrogens with zero attached hydrogens (tertiary/aromatic N) is 2. The lowest BCUT2D eigenvalue weighted by atomic mass is 10.2. The van der Waals surface area contributed by atoms with Crippen LogP contribution in [-0.2, 0) is 4.74 Å². The van der Waals surface area contributed by atoms with Crippen LogP contribution in [0.4, 0.5) is 0 Å². The molecule has 1 rings (SSSR count). The number of esters is 1. The SMILES string of the molecule is CCOc1cc(C(C)=O)nnc1C(=O)OC. The molecular weight excluding hydrogens is 212 g/mol. The van der Waals surface area contributed by atoms with Gasteiger partial charge in [0, 0.05) is 13.0 Å². The minimum atomic E-state index is -0.647. The van der Waals surface area contributed by atoms with Crippen molar-refractivity contribution >= 4 is 11.8 Å². The van der Waals surface area contributed by atoms with E-state index in [1.54, 1.807) is 6.92 Å². The number of carbonyl (C=O) groups is 2. The van der Waals surface area contributed by atoms with Crippen molar-refractivity contribution in [2.75, 3.05) is 13.7 Å². The molecule has 0 atom stereocenters. The summed E-state index contributed by atoms with van der Waals surface area (Å²) in [6.07, 6.45) is 0. The number of Topliss-reactive ketones (excluding diaryl/α,β-unsaturated/α-hetero) is 1. The predicted octanol–water partition coefficient (Wildman–Crippen LogP) is 0.864. The smallest absolute Gasteiger partial charge is 0.362 e. The molecule has 0 saturated carbocycles. The summed E-state index contributed by atoms with van der Waals surface area (Å²) in [5, 5.41) is 7.23. The van der Waals surface area contributed by atoms with Gasteiger partial charge in [0.05, 0.1) is 13.7 Å². The van der Waals surface area contributed by atoms with Crippen LogP contribution in [0.1, 0.15) is 34.8 Å². The molecule has 6 nitrogen and oxygen atoms in total. The fourth-order valence-electron chi connectivity index (χ4n) is 1.05. The van der Waals surface area contributed by atoms with Crippen LogP contribution in [0, 0.1) is 0 Å². The molecule has 1 aromatic rings. The zero-order valence-electron chi connectivity index (χ0n) is 9.31. The third-order valence-electron chi connectivity index (χ3n) is 1.80. The summed E-state index contributed by atoms with van der Waals surface area (Å²) in [6.45, 7) is 3.47. The Morgan fingerprint density at radius 1 is 1.38 bits per heavy atom. The van der Waals surface area contributed by atoms with Gasteiger partial charge < -0.3 is 9.47 Å². The highest BCUT2D eigenvalue weighted by Gasteiger charge is 2.17. The lowest BCUT2D eigenvalue weighted by Gasteiger charge is -2.07. The van der Waals surface area contributed by atoms with Gasteiger partial charge in [-0.1, -0.05) is 0 Å². The van der Waals surface area contributed by atoms with E-state index in [1.807, 2.05) is 0 Å². The van der Waals surface area contributed by atoms with E-state index in [-0.39, 0.29) is 22.9 Å². The quantitative estimate of drug-likeness (QED) is 0.557. The van der Waals surface area contributed by atoms with Crippen molar-refractivity contribution in [3.63, 3.8) is 0 Å². The van der Waals surface area contributed by atoms with Crippen LogP contribution in [0.15, 0.2) is 6.07 Å². The Morgan fingerprint density at radius 2 is 2.06 bits per heavy atom. The first-order valence-corrected chi connectivity index (χ1v) is 4.70. The molecule has 0 radical (unpaired) electrons. The summed E-state index contributed by atoms with van der Waals surface area (Å²) >= 11 is 0. The molecule has 0 amide bonds. The molecule has 0 aliphatic heterocycles. The Bertz CT molecular complexity index is 417. The third kappa shape index (κ3) is 2.53. The molecule has 0 bridgehead atoms. The molecule has 1 aromatic heterocycles. The van der Waals surface area contributed by atoms with Crippen LogP contribution >= 0.6 is 0 Å². The van der Waals surface area contributed by atoms with Gasteiger partial charge in [0.25, 0.3) is 0 Å². The number of ether oxygens (including phenoxy) is 2. The maximum atomic E-state index is 11.3. The summed E-state index contributed by atoms with van der Waals surface area (Å²) in [7, 11) is 1.23. The molecule has 6 heteroatoms. The maximum Gasteiger partial charge on any atom is 0.362 e. The van der Waals surface area contributed by atoms with E-state index in [9.17, 15) is 9.59 Å². The molecular formula is C10H12N2O4. The van der Waals surface area contributed by atoms with Crippen molar-refractivity contribution in [1.82, 2.24) is 10.2 Å². The molecule has 0 spiro atoms. The van der Waals surface area contributed by atoms with Gasteiger partial charge in [-0.15, -0.1) is 10.2 Å². The van der Waals surface area contributed by atoms with Crippen LogP contribution in [0.25, 0.3) is 0 Å². The second-order valence-corrected chi connectivity index (χ2v) is 2.92. The van der Waals surface area contributed by atoms with Crippen molar-refractivity contribution < 1.29 is 19.1 Å². The summed E-state index contributed by atoms with van der Waals surface area (Å²) < 4.78 is 9.71. The van der Waals surface area contributed by atoms with E-state index in [1.165, 1.54) is 20.1 Å². The Balaban J connectivity index is 3.18. The van der Waals surface area contributed by atoms with E-state index in [4.69, 9.17) is 4.74 Å². The molecule has 16 heavy (non-hydrogen) atoms. The van der Waals surface area contributed by atoms with Crippen molar-refractivity contribution in [2.45, 2.75) is 13.8 Å². The number of aromatic nitrogens is 2. The number of hydrogen-bond donors (Lipinski definition) is 0. The first kappa shape index (κ1) is 12.1. The largest absolute Gasteiger partial charge is 0.491 e. The Morgan fingerprint density at radius 3 is 2.56 bits per heavy atom. The first-order valence-electron chi connectivity index (χ1n) is 4.70. The summed E-state index contributed by atoms with van der Waals surface area (Å²) in [5.74, 6) is -0.689. The average Bonchev–Trinajstić information content (AvgIpc) is 2.28. The Kier molecular flexibility index (Phi) is 3.93. The zero-order valence-corrected chi connectivity index (χ0v) is 9.31. The molecule has 0 fully saturated rings. The summed E-state index contributed by atoms with van der Waals surface area (Å²) in [6, 6.07) is 1.38. The van der Waals surface area contributed by atoms with E-state index < -0.39 is 5.97 Å². The van der Waals surface area contributed by atoms with E-state index in [0.717, 1.165) is 0 Å². The first-order chi connectivity index (χ1) is 7.60.